The highest BCUT2D eigenvalue weighted by atomic mass is 32.2. The van der Waals surface area contributed by atoms with Crippen LogP contribution in [0, 0.1) is 5.82 Å². The third-order valence-corrected chi connectivity index (χ3v) is 5.58. The van der Waals surface area contributed by atoms with E-state index in [1.165, 1.54) is 18.4 Å². The lowest BCUT2D eigenvalue weighted by atomic mass is 9.87. The molecule has 1 atom stereocenters. The summed E-state index contributed by atoms with van der Waals surface area (Å²) in [6.45, 7) is 3.85. The van der Waals surface area contributed by atoms with Crippen LogP contribution in [0.25, 0.3) is 11.1 Å². The van der Waals surface area contributed by atoms with Crippen LogP contribution in [0.1, 0.15) is 25.0 Å². The minimum absolute atomic E-state index is 0.255. The molecule has 138 valence electrons. The Morgan fingerprint density at radius 1 is 1.00 bits per heavy atom. The van der Waals surface area contributed by atoms with Gasteiger partial charge in [0.2, 0.25) is 0 Å². The molecule has 6 heteroatoms. The SMILES string of the molecule is COC1OC(C)(C)C(c2ccc(S(C)(=O)=O)cc2)=C1c1ccc(F)cc1. The molecule has 4 nitrogen and oxygen atoms in total. The molecular formula is C20H21FO4S. The van der Waals surface area contributed by atoms with Crippen LogP contribution in [0.4, 0.5) is 4.39 Å². The van der Waals surface area contributed by atoms with Crippen molar-refractivity contribution in [2.75, 3.05) is 13.4 Å². The van der Waals surface area contributed by atoms with E-state index in [1.54, 1.807) is 43.5 Å². The molecule has 0 saturated carbocycles. The van der Waals surface area contributed by atoms with Crippen molar-refractivity contribution in [2.24, 2.45) is 0 Å². The molecule has 0 fully saturated rings. The summed E-state index contributed by atoms with van der Waals surface area (Å²) < 4.78 is 48.3. The number of hydrogen-bond donors (Lipinski definition) is 0. The molecule has 2 aromatic carbocycles. The van der Waals surface area contributed by atoms with Crippen LogP contribution in [-0.4, -0.2) is 33.7 Å². The van der Waals surface area contributed by atoms with Crippen molar-refractivity contribution in [3.05, 3.63) is 65.5 Å². The minimum atomic E-state index is -3.27. The zero-order valence-electron chi connectivity index (χ0n) is 15.1. The van der Waals surface area contributed by atoms with Gasteiger partial charge in [-0.1, -0.05) is 24.3 Å². The van der Waals surface area contributed by atoms with E-state index in [0.29, 0.717) is 0 Å². The fourth-order valence-electron chi connectivity index (χ4n) is 3.28. The van der Waals surface area contributed by atoms with E-state index in [1.807, 2.05) is 13.8 Å². The Kier molecular flexibility index (Phi) is 4.77. The van der Waals surface area contributed by atoms with Gasteiger partial charge in [-0.15, -0.1) is 0 Å². The van der Waals surface area contributed by atoms with E-state index >= 15 is 0 Å². The van der Waals surface area contributed by atoms with Gasteiger partial charge < -0.3 is 9.47 Å². The Labute approximate surface area is 153 Å². The average molecular weight is 376 g/mol. The van der Waals surface area contributed by atoms with Crippen molar-refractivity contribution >= 4 is 21.0 Å². The van der Waals surface area contributed by atoms with Gasteiger partial charge in [0.05, 0.1) is 10.5 Å². The van der Waals surface area contributed by atoms with Gasteiger partial charge in [0.25, 0.3) is 0 Å². The summed E-state index contributed by atoms with van der Waals surface area (Å²) in [6, 6.07) is 12.8. The third-order valence-electron chi connectivity index (χ3n) is 4.45. The largest absolute Gasteiger partial charge is 0.352 e. The van der Waals surface area contributed by atoms with Gasteiger partial charge >= 0.3 is 0 Å². The Bertz CT molecular complexity index is 942. The second kappa shape index (κ2) is 6.61. The molecular weight excluding hydrogens is 355 g/mol. The number of benzene rings is 2. The first-order valence-corrected chi connectivity index (χ1v) is 10.0. The topological polar surface area (TPSA) is 52.6 Å². The molecule has 1 aliphatic heterocycles. The number of rotatable bonds is 4. The summed E-state index contributed by atoms with van der Waals surface area (Å²) in [5.41, 5.74) is 2.67. The number of methoxy groups -OCH3 is 1. The van der Waals surface area contributed by atoms with Gasteiger partial charge in [-0.05, 0) is 54.8 Å². The Morgan fingerprint density at radius 3 is 2.04 bits per heavy atom. The van der Waals surface area contributed by atoms with E-state index in [-0.39, 0.29) is 10.7 Å². The summed E-state index contributed by atoms with van der Waals surface area (Å²) in [6.07, 6.45) is 0.578. The van der Waals surface area contributed by atoms with E-state index in [4.69, 9.17) is 9.47 Å². The summed E-state index contributed by atoms with van der Waals surface area (Å²) >= 11 is 0. The Balaban J connectivity index is 2.20. The molecule has 0 spiro atoms. The fraction of sp³-hybridized carbons (Fsp3) is 0.300. The van der Waals surface area contributed by atoms with Crippen LogP contribution < -0.4 is 0 Å². The molecule has 3 rings (SSSR count). The van der Waals surface area contributed by atoms with Gasteiger partial charge in [-0.2, -0.15) is 0 Å². The number of sulfone groups is 1. The second-order valence-corrected chi connectivity index (χ2v) is 8.80. The van der Waals surface area contributed by atoms with Crippen LogP contribution in [0.15, 0.2) is 53.4 Å². The maximum atomic E-state index is 13.3. The van der Waals surface area contributed by atoms with Crippen molar-refractivity contribution in [1.82, 2.24) is 0 Å². The number of hydrogen-bond acceptors (Lipinski definition) is 4. The predicted molar refractivity (Wildman–Crippen MR) is 98.7 cm³/mol. The lowest BCUT2D eigenvalue weighted by Crippen LogP contribution is -2.25. The zero-order valence-corrected chi connectivity index (χ0v) is 15.9. The normalized spacial score (nSPS) is 19.8. The third kappa shape index (κ3) is 3.45. The smallest absolute Gasteiger partial charge is 0.185 e. The molecule has 0 radical (unpaired) electrons. The molecule has 0 bridgehead atoms. The van der Waals surface area contributed by atoms with Crippen LogP contribution in [0.3, 0.4) is 0 Å². The molecule has 0 N–H and O–H groups in total. The van der Waals surface area contributed by atoms with Crippen molar-refractivity contribution in [1.29, 1.82) is 0 Å². The molecule has 26 heavy (non-hydrogen) atoms. The van der Waals surface area contributed by atoms with Crippen LogP contribution in [0.5, 0.6) is 0 Å². The predicted octanol–water partition coefficient (Wildman–Crippen LogP) is 3.92. The van der Waals surface area contributed by atoms with Crippen LogP contribution >= 0.6 is 0 Å². The number of halogens is 1. The van der Waals surface area contributed by atoms with Crippen LogP contribution in [0.2, 0.25) is 0 Å². The lowest BCUT2D eigenvalue weighted by Gasteiger charge is -2.23. The van der Waals surface area contributed by atoms with E-state index < -0.39 is 21.7 Å². The summed E-state index contributed by atoms with van der Waals surface area (Å²) in [4.78, 5) is 0.255. The molecule has 1 unspecified atom stereocenters. The van der Waals surface area contributed by atoms with Gasteiger partial charge in [-0.3, -0.25) is 0 Å². The van der Waals surface area contributed by atoms with Gasteiger partial charge in [0, 0.05) is 18.9 Å². The van der Waals surface area contributed by atoms with Crippen molar-refractivity contribution in [2.45, 2.75) is 30.6 Å². The maximum absolute atomic E-state index is 13.3. The molecule has 0 aromatic heterocycles. The van der Waals surface area contributed by atoms with Gasteiger partial charge in [-0.25, -0.2) is 12.8 Å². The highest BCUT2D eigenvalue weighted by Crippen LogP contribution is 2.46. The van der Waals surface area contributed by atoms with E-state index in [2.05, 4.69) is 0 Å². The first kappa shape index (κ1) is 18.8. The van der Waals surface area contributed by atoms with E-state index in [0.717, 1.165) is 22.3 Å². The molecule has 1 aliphatic rings. The maximum Gasteiger partial charge on any atom is 0.185 e. The summed E-state index contributed by atoms with van der Waals surface area (Å²) in [5.74, 6) is -0.319. The molecule has 0 saturated heterocycles. The Morgan fingerprint density at radius 2 is 1.54 bits per heavy atom. The summed E-state index contributed by atoms with van der Waals surface area (Å²) in [5, 5.41) is 0. The standard InChI is InChI=1S/C20H21FO4S/c1-20(2)18(14-7-11-16(12-8-14)26(4,22)23)17(19(24-3)25-20)13-5-9-15(21)10-6-13/h5-12,19H,1-4H3. The quantitative estimate of drug-likeness (QED) is 0.812. The highest BCUT2D eigenvalue weighted by molar-refractivity contribution is 7.90. The minimum Gasteiger partial charge on any atom is -0.352 e. The van der Waals surface area contributed by atoms with Gasteiger partial charge in [0.1, 0.15) is 5.82 Å². The first-order chi connectivity index (χ1) is 12.1. The summed E-state index contributed by atoms with van der Waals surface area (Å²) in [7, 11) is -1.72. The molecule has 0 aliphatic carbocycles. The first-order valence-electron chi connectivity index (χ1n) is 8.15. The Hall–Kier alpha value is -2.02. The van der Waals surface area contributed by atoms with E-state index in [9.17, 15) is 12.8 Å². The molecule has 2 aromatic rings. The lowest BCUT2D eigenvalue weighted by molar-refractivity contribution is -0.121. The van der Waals surface area contributed by atoms with Crippen LogP contribution in [-0.2, 0) is 19.3 Å². The van der Waals surface area contributed by atoms with Gasteiger partial charge in [0.15, 0.2) is 16.1 Å². The highest BCUT2D eigenvalue weighted by Gasteiger charge is 2.41. The molecule has 1 heterocycles. The number of ether oxygens (including phenoxy) is 2. The zero-order chi connectivity index (χ0) is 19.1. The fourth-order valence-corrected chi connectivity index (χ4v) is 3.91. The molecule has 0 amide bonds. The second-order valence-electron chi connectivity index (χ2n) is 6.79. The van der Waals surface area contributed by atoms with Crippen molar-refractivity contribution in [3.63, 3.8) is 0 Å². The average Bonchev–Trinajstić information content (AvgIpc) is 2.85. The van der Waals surface area contributed by atoms with Crippen molar-refractivity contribution < 1.29 is 22.3 Å². The van der Waals surface area contributed by atoms with Crippen molar-refractivity contribution in [3.8, 4) is 0 Å². The monoisotopic (exact) mass is 376 g/mol.